The van der Waals surface area contributed by atoms with Crippen molar-refractivity contribution in [1.29, 1.82) is 0 Å². The van der Waals surface area contributed by atoms with Crippen LogP contribution in [0.15, 0.2) is 73.1 Å². The number of aromatic nitrogens is 3. The lowest BCUT2D eigenvalue weighted by molar-refractivity contribution is 0.0958. The smallest absolute Gasteiger partial charge is 0.269 e. The molecule has 5 rings (SSSR count). The molecule has 1 fully saturated rings. The SMILES string of the molecule is CNC(=O)c1cc(Oc2ccc(Nc3ncc(N4CCCCC4)c(Nc4cccc(N)c4)n3)cc2)ccn1. The van der Waals surface area contributed by atoms with Crippen LogP contribution in [0.2, 0.25) is 0 Å². The molecular weight excluding hydrogens is 480 g/mol. The molecule has 10 heteroatoms. The van der Waals surface area contributed by atoms with Crippen LogP contribution >= 0.6 is 0 Å². The molecular formula is C28H30N8O2. The van der Waals surface area contributed by atoms with Crippen molar-refractivity contribution in [2.75, 3.05) is 41.4 Å². The highest BCUT2D eigenvalue weighted by molar-refractivity contribution is 5.92. The number of ether oxygens (including phenoxy) is 1. The molecule has 0 unspecified atom stereocenters. The van der Waals surface area contributed by atoms with E-state index in [0.717, 1.165) is 48.8 Å². The van der Waals surface area contributed by atoms with Crippen molar-refractivity contribution < 1.29 is 9.53 Å². The highest BCUT2D eigenvalue weighted by Crippen LogP contribution is 2.31. The predicted molar refractivity (Wildman–Crippen MR) is 150 cm³/mol. The van der Waals surface area contributed by atoms with Gasteiger partial charge in [0.15, 0.2) is 5.82 Å². The van der Waals surface area contributed by atoms with Crippen molar-refractivity contribution >= 4 is 40.4 Å². The number of carbonyl (C=O) groups excluding carboxylic acids is 1. The summed E-state index contributed by atoms with van der Waals surface area (Å²) in [5.41, 5.74) is 9.59. The van der Waals surface area contributed by atoms with Gasteiger partial charge < -0.3 is 31.3 Å². The van der Waals surface area contributed by atoms with E-state index in [1.165, 1.54) is 12.6 Å². The van der Waals surface area contributed by atoms with E-state index < -0.39 is 0 Å². The largest absolute Gasteiger partial charge is 0.457 e. The zero-order chi connectivity index (χ0) is 26.3. The summed E-state index contributed by atoms with van der Waals surface area (Å²) in [6.45, 7) is 1.95. The van der Waals surface area contributed by atoms with E-state index in [1.54, 1.807) is 19.2 Å². The number of benzene rings is 2. The summed E-state index contributed by atoms with van der Waals surface area (Å²) >= 11 is 0. The minimum absolute atomic E-state index is 0.272. The maximum Gasteiger partial charge on any atom is 0.269 e. The molecule has 10 nitrogen and oxygen atoms in total. The summed E-state index contributed by atoms with van der Waals surface area (Å²) in [5, 5.41) is 9.25. The van der Waals surface area contributed by atoms with Gasteiger partial charge in [0, 0.05) is 49.5 Å². The number of nitrogens with zero attached hydrogens (tertiary/aromatic N) is 4. The van der Waals surface area contributed by atoms with Crippen LogP contribution in [0.3, 0.4) is 0 Å². The van der Waals surface area contributed by atoms with Gasteiger partial charge in [-0.3, -0.25) is 9.78 Å². The number of nitrogens with two attached hydrogens (primary N) is 1. The van der Waals surface area contributed by atoms with E-state index in [2.05, 4.69) is 30.8 Å². The third kappa shape index (κ3) is 6.09. The number of rotatable bonds is 8. The quantitative estimate of drug-likeness (QED) is 0.240. The van der Waals surface area contributed by atoms with E-state index >= 15 is 0 Å². The molecule has 194 valence electrons. The summed E-state index contributed by atoms with van der Waals surface area (Å²) in [7, 11) is 1.56. The van der Waals surface area contributed by atoms with Gasteiger partial charge in [0.25, 0.3) is 5.91 Å². The molecule has 0 saturated carbocycles. The Morgan fingerprint density at radius 1 is 0.921 bits per heavy atom. The Hall–Kier alpha value is -4.86. The number of amides is 1. The van der Waals surface area contributed by atoms with Crippen molar-refractivity contribution in [3.05, 3.63) is 78.8 Å². The summed E-state index contributed by atoms with van der Waals surface area (Å²) in [5.74, 6) is 2.06. The first-order chi connectivity index (χ1) is 18.6. The van der Waals surface area contributed by atoms with E-state index in [4.69, 9.17) is 15.5 Å². The first-order valence-electron chi connectivity index (χ1n) is 12.5. The standard InChI is InChI=1S/C28H30N8O2/c1-30-27(37)24-17-23(12-13-31-24)38-22-10-8-20(9-11-22)34-28-32-18-25(36-14-3-2-4-15-36)26(35-28)33-21-7-5-6-19(29)16-21/h5-13,16-18H,2-4,14-15,29H2,1H3,(H,30,37)(H2,32,33,34,35). The summed E-state index contributed by atoms with van der Waals surface area (Å²) < 4.78 is 5.89. The number of piperidine rings is 1. The molecule has 1 amide bonds. The minimum Gasteiger partial charge on any atom is -0.457 e. The number of nitrogens with one attached hydrogen (secondary N) is 3. The number of hydrogen-bond acceptors (Lipinski definition) is 9. The Balaban J connectivity index is 1.33. The molecule has 1 aliphatic rings. The molecule has 0 aliphatic carbocycles. The van der Waals surface area contributed by atoms with Crippen LogP contribution in [-0.2, 0) is 0 Å². The van der Waals surface area contributed by atoms with Crippen LogP contribution < -0.4 is 31.3 Å². The van der Waals surface area contributed by atoms with Gasteiger partial charge in [-0.15, -0.1) is 0 Å². The second-order valence-electron chi connectivity index (χ2n) is 8.93. The average Bonchev–Trinajstić information content (AvgIpc) is 2.94. The lowest BCUT2D eigenvalue weighted by Gasteiger charge is -2.30. The van der Waals surface area contributed by atoms with Gasteiger partial charge in [0.1, 0.15) is 17.2 Å². The molecule has 5 N–H and O–H groups in total. The van der Waals surface area contributed by atoms with Gasteiger partial charge >= 0.3 is 0 Å². The highest BCUT2D eigenvalue weighted by atomic mass is 16.5. The lowest BCUT2D eigenvalue weighted by atomic mass is 10.1. The first kappa shape index (κ1) is 24.8. The van der Waals surface area contributed by atoms with Crippen LogP contribution in [0.5, 0.6) is 11.5 Å². The van der Waals surface area contributed by atoms with Crippen LogP contribution in [0, 0.1) is 0 Å². The van der Waals surface area contributed by atoms with Crippen molar-refractivity contribution in [3.63, 3.8) is 0 Å². The number of carbonyl (C=O) groups is 1. The molecule has 0 spiro atoms. The Labute approximate surface area is 221 Å². The van der Waals surface area contributed by atoms with E-state index in [9.17, 15) is 4.79 Å². The minimum atomic E-state index is -0.272. The van der Waals surface area contributed by atoms with Crippen molar-refractivity contribution in [2.45, 2.75) is 19.3 Å². The molecule has 38 heavy (non-hydrogen) atoms. The van der Waals surface area contributed by atoms with E-state index in [1.807, 2.05) is 54.7 Å². The number of nitrogen functional groups attached to an aromatic ring is 1. The molecule has 3 heterocycles. The van der Waals surface area contributed by atoms with Gasteiger partial charge in [-0.2, -0.15) is 4.98 Å². The average molecular weight is 511 g/mol. The monoisotopic (exact) mass is 510 g/mol. The van der Waals surface area contributed by atoms with Crippen LogP contribution in [0.1, 0.15) is 29.8 Å². The fourth-order valence-electron chi connectivity index (χ4n) is 4.25. The topological polar surface area (TPSA) is 130 Å². The zero-order valence-corrected chi connectivity index (χ0v) is 21.1. The second-order valence-corrected chi connectivity index (χ2v) is 8.93. The maximum atomic E-state index is 11.8. The number of hydrogen-bond donors (Lipinski definition) is 4. The van der Waals surface area contributed by atoms with Crippen LogP contribution in [0.25, 0.3) is 0 Å². The normalized spacial score (nSPS) is 13.0. The summed E-state index contributed by atoms with van der Waals surface area (Å²) in [4.78, 5) is 27.6. The molecule has 1 aliphatic heterocycles. The third-order valence-corrected chi connectivity index (χ3v) is 6.15. The molecule has 0 atom stereocenters. The number of pyridine rings is 1. The van der Waals surface area contributed by atoms with Gasteiger partial charge in [-0.05, 0) is 67.8 Å². The van der Waals surface area contributed by atoms with Crippen molar-refractivity contribution in [3.8, 4) is 11.5 Å². The van der Waals surface area contributed by atoms with Gasteiger partial charge in [0.05, 0.1) is 11.9 Å². The van der Waals surface area contributed by atoms with Crippen LogP contribution in [0.4, 0.5) is 34.5 Å². The number of anilines is 6. The summed E-state index contributed by atoms with van der Waals surface area (Å²) in [6.07, 6.45) is 6.94. The van der Waals surface area contributed by atoms with Gasteiger partial charge in [-0.1, -0.05) is 6.07 Å². The Kier molecular flexibility index (Phi) is 7.49. The zero-order valence-electron chi connectivity index (χ0n) is 21.1. The van der Waals surface area contributed by atoms with Gasteiger partial charge in [-0.25, -0.2) is 4.98 Å². The third-order valence-electron chi connectivity index (χ3n) is 6.15. The molecule has 0 radical (unpaired) electrons. The molecule has 1 saturated heterocycles. The molecule has 2 aromatic heterocycles. The van der Waals surface area contributed by atoms with Gasteiger partial charge in [0.2, 0.25) is 5.95 Å². The molecule has 4 aromatic rings. The van der Waals surface area contributed by atoms with Crippen molar-refractivity contribution in [1.82, 2.24) is 20.3 Å². The molecule has 0 bridgehead atoms. The second kappa shape index (κ2) is 11.5. The fourth-order valence-corrected chi connectivity index (χ4v) is 4.25. The van der Waals surface area contributed by atoms with Crippen molar-refractivity contribution in [2.24, 2.45) is 0 Å². The first-order valence-corrected chi connectivity index (χ1v) is 12.5. The Bertz CT molecular complexity index is 1400. The predicted octanol–water partition coefficient (Wildman–Crippen LogP) is 5.08. The summed E-state index contributed by atoms with van der Waals surface area (Å²) in [6, 6.07) is 18.3. The highest BCUT2D eigenvalue weighted by Gasteiger charge is 2.17. The van der Waals surface area contributed by atoms with E-state index in [0.29, 0.717) is 23.1 Å². The Morgan fingerprint density at radius 2 is 1.74 bits per heavy atom. The molecule has 2 aromatic carbocycles. The lowest BCUT2D eigenvalue weighted by Crippen LogP contribution is -2.30. The van der Waals surface area contributed by atoms with Crippen LogP contribution in [-0.4, -0.2) is 41.0 Å². The van der Waals surface area contributed by atoms with E-state index in [-0.39, 0.29) is 11.6 Å². The fraction of sp³-hybridized carbons (Fsp3) is 0.214. The Morgan fingerprint density at radius 3 is 2.50 bits per heavy atom. The maximum absolute atomic E-state index is 11.8.